The number of rotatable bonds is 5. The predicted molar refractivity (Wildman–Crippen MR) is 101 cm³/mol. The standard InChI is InChI=1S/C19H19F3N6O/c1-11-8-12(2)28(27-11)14-5-4-13(15(9-14)19(20,21)22)10-24-17-7-6-16(25-26-17)18(29)23-3/h4-9H,10H2,1-3H3,(H,23,29)(H,24,26). The summed E-state index contributed by atoms with van der Waals surface area (Å²) < 4.78 is 42.4. The van der Waals surface area contributed by atoms with Gasteiger partial charge in [0, 0.05) is 19.3 Å². The Labute approximate surface area is 165 Å². The number of hydrogen-bond donors (Lipinski definition) is 2. The molecular weight excluding hydrogens is 385 g/mol. The van der Waals surface area contributed by atoms with Crippen molar-refractivity contribution in [2.24, 2.45) is 0 Å². The van der Waals surface area contributed by atoms with Crippen molar-refractivity contribution < 1.29 is 18.0 Å². The number of alkyl halides is 3. The zero-order chi connectivity index (χ0) is 21.2. The van der Waals surface area contributed by atoms with E-state index < -0.39 is 17.6 Å². The molecule has 2 N–H and O–H groups in total. The second-order valence-corrected chi connectivity index (χ2v) is 6.41. The van der Waals surface area contributed by atoms with Crippen LogP contribution in [0.1, 0.15) is 33.0 Å². The maximum atomic E-state index is 13.6. The van der Waals surface area contributed by atoms with E-state index in [2.05, 4.69) is 25.9 Å². The molecule has 1 aromatic carbocycles. The van der Waals surface area contributed by atoms with Gasteiger partial charge in [-0.25, -0.2) is 4.68 Å². The Bertz CT molecular complexity index is 1030. The van der Waals surface area contributed by atoms with E-state index in [4.69, 9.17) is 0 Å². The lowest BCUT2D eigenvalue weighted by Crippen LogP contribution is -2.20. The second kappa shape index (κ2) is 7.90. The SMILES string of the molecule is CNC(=O)c1ccc(NCc2ccc(-n3nc(C)cc3C)cc2C(F)(F)F)nn1. The summed E-state index contributed by atoms with van der Waals surface area (Å²) in [5.41, 5.74) is 1.21. The summed E-state index contributed by atoms with van der Waals surface area (Å²) >= 11 is 0. The Kier molecular flexibility index (Phi) is 5.53. The molecule has 0 saturated carbocycles. The average molecular weight is 404 g/mol. The predicted octanol–water partition coefficient (Wildman–Crippen LogP) is 3.27. The molecule has 3 aromatic rings. The number of halogens is 3. The Morgan fingerprint density at radius 3 is 2.41 bits per heavy atom. The summed E-state index contributed by atoms with van der Waals surface area (Å²) in [5.74, 6) is -0.142. The fourth-order valence-corrected chi connectivity index (χ4v) is 2.87. The van der Waals surface area contributed by atoms with Crippen LogP contribution in [0.4, 0.5) is 19.0 Å². The van der Waals surface area contributed by atoms with E-state index in [-0.39, 0.29) is 23.6 Å². The molecule has 0 aliphatic carbocycles. The van der Waals surface area contributed by atoms with Gasteiger partial charge in [0.15, 0.2) is 5.69 Å². The van der Waals surface area contributed by atoms with Crippen molar-refractivity contribution in [3.63, 3.8) is 0 Å². The quantitative estimate of drug-likeness (QED) is 0.682. The minimum absolute atomic E-state index is 0.0555. The molecule has 0 spiro atoms. The van der Waals surface area contributed by atoms with Gasteiger partial charge in [-0.05, 0) is 49.7 Å². The molecule has 2 heterocycles. The van der Waals surface area contributed by atoms with Crippen LogP contribution in [0, 0.1) is 13.8 Å². The number of carbonyl (C=O) groups is 1. The summed E-state index contributed by atoms with van der Waals surface area (Å²) in [4.78, 5) is 11.5. The lowest BCUT2D eigenvalue weighted by molar-refractivity contribution is -0.138. The molecular formula is C19H19F3N6O. The number of anilines is 1. The third-order valence-electron chi connectivity index (χ3n) is 4.24. The fourth-order valence-electron chi connectivity index (χ4n) is 2.87. The zero-order valence-electron chi connectivity index (χ0n) is 16.0. The van der Waals surface area contributed by atoms with Gasteiger partial charge in [-0.3, -0.25) is 4.79 Å². The minimum Gasteiger partial charge on any atom is -0.364 e. The maximum absolute atomic E-state index is 13.6. The first kappa shape index (κ1) is 20.3. The molecule has 0 aliphatic rings. The molecule has 3 rings (SSSR count). The van der Waals surface area contributed by atoms with Crippen molar-refractivity contribution in [1.82, 2.24) is 25.3 Å². The van der Waals surface area contributed by atoms with E-state index in [1.54, 1.807) is 26.0 Å². The number of carbonyl (C=O) groups excluding carboxylic acids is 1. The molecule has 0 fully saturated rings. The molecule has 1 amide bonds. The zero-order valence-corrected chi connectivity index (χ0v) is 16.0. The number of amides is 1. The van der Waals surface area contributed by atoms with E-state index in [1.165, 1.54) is 29.9 Å². The number of nitrogens with one attached hydrogen (secondary N) is 2. The van der Waals surface area contributed by atoms with Crippen molar-refractivity contribution in [2.45, 2.75) is 26.6 Å². The topological polar surface area (TPSA) is 84.7 Å². The highest BCUT2D eigenvalue weighted by atomic mass is 19.4. The molecule has 0 radical (unpaired) electrons. The lowest BCUT2D eigenvalue weighted by atomic mass is 10.1. The van der Waals surface area contributed by atoms with E-state index in [0.717, 1.165) is 17.5 Å². The molecule has 0 aliphatic heterocycles. The van der Waals surface area contributed by atoms with Gasteiger partial charge in [0.1, 0.15) is 5.82 Å². The van der Waals surface area contributed by atoms with Crippen LogP contribution in [0.25, 0.3) is 5.69 Å². The molecule has 0 bridgehead atoms. The normalized spacial score (nSPS) is 11.4. The van der Waals surface area contributed by atoms with Gasteiger partial charge >= 0.3 is 6.18 Å². The van der Waals surface area contributed by atoms with Crippen LogP contribution in [0.15, 0.2) is 36.4 Å². The molecule has 0 unspecified atom stereocenters. The van der Waals surface area contributed by atoms with Gasteiger partial charge in [-0.1, -0.05) is 6.07 Å². The van der Waals surface area contributed by atoms with Crippen molar-refractivity contribution in [1.29, 1.82) is 0 Å². The summed E-state index contributed by atoms with van der Waals surface area (Å²) in [7, 11) is 1.46. The molecule has 29 heavy (non-hydrogen) atoms. The van der Waals surface area contributed by atoms with Crippen LogP contribution < -0.4 is 10.6 Å². The molecule has 152 valence electrons. The maximum Gasteiger partial charge on any atom is 0.416 e. The van der Waals surface area contributed by atoms with Crippen molar-refractivity contribution in [3.8, 4) is 5.69 Å². The number of aryl methyl sites for hydroxylation is 2. The Morgan fingerprint density at radius 1 is 1.10 bits per heavy atom. The van der Waals surface area contributed by atoms with Crippen LogP contribution in [-0.2, 0) is 12.7 Å². The van der Waals surface area contributed by atoms with Gasteiger partial charge < -0.3 is 10.6 Å². The van der Waals surface area contributed by atoms with E-state index in [0.29, 0.717) is 5.69 Å². The summed E-state index contributed by atoms with van der Waals surface area (Å²) in [5, 5.41) is 17.0. The number of aromatic nitrogens is 4. The van der Waals surface area contributed by atoms with Crippen LogP contribution in [0.2, 0.25) is 0 Å². The minimum atomic E-state index is -4.53. The smallest absolute Gasteiger partial charge is 0.364 e. The summed E-state index contributed by atoms with van der Waals surface area (Å²) in [6.07, 6.45) is -4.53. The first-order valence-corrected chi connectivity index (χ1v) is 8.72. The molecule has 0 atom stereocenters. The summed E-state index contributed by atoms with van der Waals surface area (Å²) in [6.45, 7) is 3.45. The highest BCUT2D eigenvalue weighted by Gasteiger charge is 2.33. The molecule has 2 aromatic heterocycles. The third-order valence-corrected chi connectivity index (χ3v) is 4.24. The highest BCUT2D eigenvalue weighted by molar-refractivity contribution is 5.91. The van der Waals surface area contributed by atoms with Gasteiger partial charge in [-0.15, -0.1) is 10.2 Å². The molecule has 10 heteroatoms. The molecule has 0 saturated heterocycles. The highest BCUT2D eigenvalue weighted by Crippen LogP contribution is 2.34. The second-order valence-electron chi connectivity index (χ2n) is 6.41. The number of benzene rings is 1. The van der Waals surface area contributed by atoms with Crippen molar-refractivity contribution in [2.75, 3.05) is 12.4 Å². The Morgan fingerprint density at radius 2 is 1.86 bits per heavy atom. The fraction of sp³-hybridized carbons (Fsp3) is 0.263. The number of hydrogen-bond acceptors (Lipinski definition) is 5. The van der Waals surface area contributed by atoms with Crippen molar-refractivity contribution in [3.05, 3.63) is 64.6 Å². The molecule has 7 nitrogen and oxygen atoms in total. The monoisotopic (exact) mass is 404 g/mol. The van der Waals surface area contributed by atoms with Gasteiger partial charge in [0.2, 0.25) is 0 Å². The lowest BCUT2D eigenvalue weighted by Gasteiger charge is -2.16. The Balaban J connectivity index is 1.85. The van der Waals surface area contributed by atoms with Gasteiger partial charge in [0.25, 0.3) is 5.91 Å². The van der Waals surface area contributed by atoms with E-state index in [1.807, 2.05) is 0 Å². The van der Waals surface area contributed by atoms with E-state index >= 15 is 0 Å². The number of nitrogens with zero attached hydrogens (tertiary/aromatic N) is 4. The van der Waals surface area contributed by atoms with Crippen LogP contribution in [0.5, 0.6) is 0 Å². The van der Waals surface area contributed by atoms with Gasteiger partial charge in [0.05, 0.1) is 16.9 Å². The van der Waals surface area contributed by atoms with E-state index in [9.17, 15) is 18.0 Å². The van der Waals surface area contributed by atoms with Crippen LogP contribution >= 0.6 is 0 Å². The van der Waals surface area contributed by atoms with Crippen molar-refractivity contribution >= 4 is 11.7 Å². The first-order valence-electron chi connectivity index (χ1n) is 8.72. The first-order chi connectivity index (χ1) is 13.7. The van der Waals surface area contributed by atoms with Gasteiger partial charge in [-0.2, -0.15) is 18.3 Å². The van der Waals surface area contributed by atoms with Crippen LogP contribution in [-0.4, -0.2) is 32.9 Å². The van der Waals surface area contributed by atoms with Crippen LogP contribution in [0.3, 0.4) is 0 Å². The Hall–Kier alpha value is -3.43. The average Bonchev–Trinajstić information content (AvgIpc) is 3.03. The largest absolute Gasteiger partial charge is 0.416 e. The third kappa shape index (κ3) is 4.53. The summed E-state index contributed by atoms with van der Waals surface area (Å²) in [6, 6.07) is 8.79.